The fourth-order valence-corrected chi connectivity index (χ4v) is 1.59. The first kappa shape index (κ1) is 11.5. The van der Waals surface area contributed by atoms with E-state index in [2.05, 4.69) is 0 Å². The molecule has 1 aromatic carbocycles. The Morgan fingerprint density at radius 3 is 2.35 bits per heavy atom. The van der Waals surface area contributed by atoms with Gasteiger partial charge < -0.3 is 14.4 Å². The van der Waals surface area contributed by atoms with Crippen molar-refractivity contribution in [2.75, 3.05) is 6.61 Å². The molecule has 0 fully saturated rings. The molecule has 0 saturated heterocycles. The van der Waals surface area contributed by atoms with Gasteiger partial charge in [-0.15, -0.1) is 4.73 Å². The molecule has 1 heterocycles. The second-order valence-corrected chi connectivity index (χ2v) is 3.80. The van der Waals surface area contributed by atoms with Crippen LogP contribution in [0.3, 0.4) is 0 Å². The van der Waals surface area contributed by atoms with Gasteiger partial charge in [0.2, 0.25) is 5.69 Å². The molecule has 0 atom stereocenters. The van der Waals surface area contributed by atoms with Crippen LogP contribution in [-0.2, 0) is 0 Å². The summed E-state index contributed by atoms with van der Waals surface area (Å²) in [5.41, 5.74) is 1.34. The Morgan fingerprint density at radius 2 is 1.88 bits per heavy atom. The zero-order valence-electron chi connectivity index (χ0n) is 10.2. The minimum atomic E-state index is 0.322. The smallest absolute Gasteiger partial charge is 0.392 e. The maximum atomic E-state index is 11.8. The number of nitrogens with zero attached hydrogens (tertiary/aromatic N) is 1. The first-order valence-electron chi connectivity index (χ1n) is 5.56. The van der Waals surface area contributed by atoms with E-state index in [9.17, 15) is 5.21 Å². The lowest BCUT2D eigenvalue weighted by Crippen LogP contribution is -2.29. The molecule has 4 heteroatoms. The Labute approximate surface area is 100 Å². The third kappa shape index (κ3) is 2.11. The van der Waals surface area contributed by atoms with Gasteiger partial charge >= 0.3 is 5.89 Å². The lowest BCUT2D eigenvalue weighted by molar-refractivity contribution is -0.602. The van der Waals surface area contributed by atoms with Gasteiger partial charge in [-0.1, -0.05) is 0 Å². The van der Waals surface area contributed by atoms with E-state index in [1.165, 1.54) is 0 Å². The number of rotatable bonds is 3. The zero-order chi connectivity index (χ0) is 12.4. The molecular formula is C13H15NO3. The summed E-state index contributed by atoms with van der Waals surface area (Å²) >= 11 is 0. The van der Waals surface area contributed by atoms with Crippen molar-refractivity contribution in [3.8, 4) is 17.2 Å². The van der Waals surface area contributed by atoms with Crippen LogP contribution in [0.4, 0.5) is 0 Å². The van der Waals surface area contributed by atoms with E-state index >= 15 is 0 Å². The number of hydrogen-bond acceptors (Lipinski definition) is 3. The Kier molecular flexibility index (Phi) is 3.04. The van der Waals surface area contributed by atoms with E-state index in [0.29, 0.717) is 24.0 Å². The van der Waals surface area contributed by atoms with E-state index in [4.69, 9.17) is 9.15 Å². The van der Waals surface area contributed by atoms with Crippen LogP contribution in [0, 0.1) is 19.1 Å². The Morgan fingerprint density at radius 1 is 1.24 bits per heavy atom. The van der Waals surface area contributed by atoms with Crippen molar-refractivity contribution >= 4 is 0 Å². The first-order chi connectivity index (χ1) is 8.13. The highest BCUT2D eigenvalue weighted by molar-refractivity contribution is 5.52. The third-order valence-electron chi connectivity index (χ3n) is 2.66. The standard InChI is InChI=1S/C13H15NO3/c1-4-16-12-7-5-11(6-8-12)13-14(15)9(2)10(3)17-13/h5-8H,4H2,1-3H3. The molecule has 17 heavy (non-hydrogen) atoms. The minimum Gasteiger partial charge on any atom is -0.616 e. The minimum absolute atomic E-state index is 0.322. The second-order valence-electron chi connectivity index (χ2n) is 3.80. The fourth-order valence-electron chi connectivity index (χ4n) is 1.59. The van der Waals surface area contributed by atoms with Crippen LogP contribution in [0.1, 0.15) is 18.4 Å². The Bertz CT molecular complexity index is 514. The number of ether oxygens (including phenoxy) is 1. The summed E-state index contributed by atoms with van der Waals surface area (Å²) in [4.78, 5) is 0. The topological polar surface area (TPSA) is 49.3 Å². The van der Waals surface area contributed by atoms with Gasteiger partial charge in [-0.2, -0.15) is 0 Å². The van der Waals surface area contributed by atoms with Gasteiger partial charge in [0.15, 0.2) is 5.76 Å². The molecule has 1 aromatic heterocycles. The quantitative estimate of drug-likeness (QED) is 0.604. The van der Waals surface area contributed by atoms with Gasteiger partial charge in [0, 0.05) is 13.8 Å². The monoisotopic (exact) mass is 233 g/mol. The molecular weight excluding hydrogens is 218 g/mol. The van der Waals surface area contributed by atoms with Crippen molar-refractivity contribution in [3.63, 3.8) is 0 Å². The molecule has 0 bridgehead atoms. The van der Waals surface area contributed by atoms with Gasteiger partial charge in [0.25, 0.3) is 0 Å². The number of oxazole rings is 1. The molecule has 0 N–H and O–H groups in total. The molecule has 0 aliphatic rings. The highest BCUT2D eigenvalue weighted by atomic mass is 16.5. The van der Waals surface area contributed by atoms with E-state index in [1.807, 2.05) is 31.2 Å². The maximum Gasteiger partial charge on any atom is 0.392 e. The third-order valence-corrected chi connectivity index (χ3v) is 2.66. The SMILES string of the molecule is CCOc1ccc(-c2oc(C)c(C)[n+]2[O-])cc1. The van der Waals surface area contributed by atoms with Crippen LogP contribution >= 0.6 is 0 Å². The van der Waals surface area contributed by atoms with Crippen LogP contribution in [0.2, 0.25) is 0 Å². The van der Waals surface area contributed by atoms with Crippen LogP contribution in [0.25, 0.3) is 11.5 Å². The van der Waals surface area contributed by atoms with Crippen molar-refractivity contribution in [3.05, 3.63) is 40.9 Å². The highest BCUT2D eigenvalue weighted by Crippen LogP contribution is 2.22. The Hall–Kier alpha value is -1.97. The van der Waals surface area contributed by atoms with Crippen molar-refractivity contribution < 1.29 is 13.9 Å². The molecule has 0 unspecified atom stereocenters. The van der Waals surface area contributed by atoms with Crippen LogP contribution < -0.4 is 9.47 Å². The molecule has 0 spiro atoms. The molecule has 2 aromatic rings. The molecule has 0 aliphatic carbocycles. The number of aryl methyl sites for hydroxylation is 1. The van der Waals surface area contributed by atoms with Gasteiger partial charge in [-0.25, -0.2) is 0 Å². The molecule has 0 radical (unpaired) electrons. The summed E-state index contributed by atoms with van der Waals surface area (Å²) in [5, 5.41) is 11.8. The molecule has 0 aliphatic heterocycles. The normalized spacial score (nSPS) is 10.5. The number of hydrogen-bond donors (Lipinski definition) is 0. The van der Waals surface area contributed by atoms with Gasteiger partial charge in [0.05, 0.1) is 12.2 Å². The highest BCUT2D eigenvalue weighted by Gasteiger charge is 2.19. The van der Waals surface area contributed by atoms with Crippen molar-refractivity contribution in [2.45, 2.75) is 20.8 Å². The lowest BCUT2D eigenvalue weighted by atomic mass is 10.2. The summed E-state index contributed by atoms with van der Waals surface area (Å²) in [6, 6.07) is 7.28. The largest absolute Gasteiger partial charge is 0.616 e. The van der Waals surface area contributed by atoms with Crippen molar-refractivity contribution in [1.29, 1.82) is 0 Å². The molecule has 4 nitrogen and oxygen atoms in total. The van der Waals surface area contributed by atoms with Crippen LogP contribution in [-0.4, -0.2) is 6.61 Å². The first-order valence-corrected chi connectivity index (χ1v) is 5.56. The maximum absolute atomic E-state index is 11.8. The average Bonchev–Trinajstić information content (AvgIpc) is 2.59. The summed E-state index contributed by atoms with van der Waals surface area (Å²) in [5.74, 6) is 1.75. The van der Waals surface area contributed by atoms with Gasteiger partial charge in [-0.3, -0.25) is 0 Å². The van der Waals surface area contributed by atoms with Crippen LogP contribution in [0.5, 0.6) is 5.75 Å². The summed E-state index contributed by atoms with van der Waals surface area (Å²) < 4.78 is 11.6. The summed E-state index contributed by atoms with van der Waals surface area (Å²) in [6.45, 7) is 6.07. The summed E-state index contributed by atoms with van der Waals surface area (Å²) in [6.07, 6.45) is 0. The predicted octanol–water partition coefficient (Wildman–Crippen LogP) is 2.60. The van der Waals surface area contributed by atoms with E-state index in [0.717, 1.165) is 16.0 Å². The molecule has 2 rings (SSSR count). The summed E-state index contributed by atoms with van der Waals surface area (Å²) in [7, 11) is 0. The van der Waals surface area contributed by atoms with Gasteiger partial charge in [0.1, 0.15) is 5.75 Å². The molecule has 0 amide bonds. The molecule has 0 saturated carbocycles. The van der Waals surface area contributed by atoms with Crippen molar-refractivity contribution in [2.24, 2.45) is 0 Å². The van der Waals surface area contributed by atoms with E-state index in [-0.39, 0.29) is 0 Å². The second kappa shape index (κ2) is 4.49. The molecule has 90 valence electrons. The van der Waals surface area contributed by atoms with E-state index in [1.54, 1.807) is 13.8 Å². The van der Waals surface area contributed by atoms with Crippen molar-refractivity contribution in [1.82, 2.24) is 0 Å². The number of benzene rings is 1. The Balaban J connectivity index is 2.36. The van der Waals surface area contributed by atoms with Crippen LogP contribution in [0.15, 0.2) is 28.7 Å². The number of aromatic nitrogens is 1. The fraction of sp³-hybridized carbons (Fsp3) is 0.308. The lowest BCUT2D eigenvalue weighted by Gasteiger charge is -2.02. The predicted molar refractivity (Wildman–Crippen MR) is 63.7 cm³/mol. The van der Waals surface area contributed by atoms with E-state index < -0.39 is 0 Å². The average molecular weight is 233 g/mol. The zero-order valence-corrected chi connectivity index (χ0v) is 10.2. The van der Waals surface area contributed by atoms with Gasteiger partial charge in [-0.05, 0) is 31.2 Å².